The van der Waals surface area contributed by atoms with Gasteiger partial charge in [0.15, 0.2) is 0 Å². The summed E-state index contributed by atoms with van der Waals surface area (Å²) in [6, 6.07) is 3.51. The second-order valence-corrected chi connectivity index (χ2v) is 8.32. The van der Waals surface area contributed by atoms with E-state index in [0.717, 1.165) is 20.8 Å². The number of nitro groups is 1. The Morgan fingerprint density at radius 1 is 1.45 bits per heavy atom. The van der Waals surface area contributed by atoms with Crippen LogP contribution in [0, 0.1) is 22.5 Å². The first-order chi connectivity index (χ1) is 9.18. The van der Waals surface area contributed by atoms with Crippen molar-refractivity contribution in [2.75, 3.05) is 0 Å². The van der Waals surface area contributed by atoms with Crippen LogP contribution in [-0.4, -0.2) is 14.7 Å². The number of alkyl halides is 1. The van der Waals surface area contributed by atoms with Gasteiger partial charge in [-0.05, 0) is 24.8 Å². The third-order valence-corrected chi connectivity index (χ3v) is 5.86. The zero-order valence-corrected chi connectivity index (χ0v) is 14.3. The van der Waals surface area contributed by atoms with Crippen LogP contribution in [0.1, 0.15) is 31.3 Å². The average molecular weight is 357 g/mol. The Morgan fingerprint density at radius 3 is 2.65 bits per heavy atom. The van der Waals surface area contributed by atoms with Gasteiger partial charge in [0, 0.05) is 16.5 Å². The molecule has 20 heavy (non-hydrogen) atoms. The molecule has 0 N–H and O–H groups in total. The van der Waals surface area contributed by atoms with Gasteiger partial charge >= 0.3 is 0 Å². The Labute approximate surface area is 130 Å². The van der Waals surface area contributed by atoms with Gasteiger partial charge < -0.3 is 0 Å². The first-order valence-electron chi connectivity index (χ1n) is 6.37. The zero-order valence-electron chi connectivity index (χ0n) is 11.9. The summed E-state index contributed by atoms with van der Waals surface area (Å²) in [5.41, 5.74) is 1.82. The lowest BCUT2D eigenvalue weighted by molar-refractivity contribution is -0.385. The van der Waals surface area contributed by atoms with Gasteiger partial charge in [0.25, 0.3) is 5.69 Å². The van der Waals surface area contributed by atoms with E-state index < -0.39 is 0 Å². The number of fused-ring (bicyclic) bond motifs is 1. The maximum absolute atomic E-state index is 11.3. The predicted octanol–water partition coefficient (Wildman–Crippen LogP) is 4.87. The minimum atomic E-state index is -0.299. The lowest BCUT2D eigenvalue weighted by Crippen LogP contribution is -2.22. The van der Waals surface area contributed by atoms with E-state index in [1.165, 1.54) is 11.3 Å². The number of nitrogens with zero attached hydrogens (tertiary/aromatic N) is 2. The summed E-state index contributed by atoms with van der Waals surface area (Å²) in [5.74, 6) is 0. The number of rotatable bonds is 3. The molecule has 2 rings (SSSR count). The van der Waals surface area contributed by atoms with Gasteiger partial charge in [0.1, 0.15) is 0 Å². The number of thiazole rings is 1. The van der Waals surface area contributed by atoms with E-state index in [9.17, 15) is 10.1 Å². The minimum absolute atomic E-state index is 0.0425. The molecule has 0 aliphatic heterocycles. The van der Waals surface area contributed by atoms with Crippen molar-refractivity contribution in [1.82, 2.24) is 4.98 Å². The molecule has 6 heteroatoms. The van der Waals surface area contributed by atoms with E-state index in [2.05, 4.69) is 41.7 Å². The van der Waals surface area contributed by atoms with E-state index >= 15 is 0 Å². The monoisotopic (exact) mass is 356 g/mol. The minimum Gasteiger partial charge on any atom is -0.258 e. The topological polar surface area (TPSA) is 56.0 Å². The summed E-state index contributed by atoms with van der Waals surface area (Å²) in [7, 11) is 0. The molecule has 0 amide bonds. The molecule has 0 spiro atoms. The maximum atomic E-state index is 11.3. The van der Waals surface area contributed by atoms with E-state index in [0.29, 0.717) is 6.42 Å². The molecule has 0 aliphatic carbocycles. The Morgan fingerprint density at radius 2 is 2.10 bits per heavy atom. The molecule has 0 fully saturated rings. The average Bonchev–Trinajstić information content (AvgIpc) is 2.65. The smallest absolute Gasteiger partial charge is 0.258 e. The molecule has 0 aliphatic rings. The molecule has 1 atom stereocenters. The molecule has 1 unspecified atom stereocenters. The molecule has 0 saturated carbocycles. The number of hydrogen-bond acceptors (Lipinski definition) is 4. The van der Waals surface area contributed by atoms with Crippen LogP contribution in [0.2, 0.25) is 0 Å². The quantitative estimate of drug-likeness (QED) is 0.448. The molecule has 0 bridgehead atoms. The number of aromatic nitrogens is 1. The van der Waals surface area contributed by atoms with Crippen molar-refractivity contribution in [3.05, 3.63) is 32.8 Å². The largest absolute Gasteiger partial charge is 0.274 e. The van der Waals surface area contributed by atoms with Gasteiger partial charge in [0.05, 0.1) is 20.1 Å². The SMILES string of the molecule is Cc1nc2cc(CC(Br)C(C)(C)C)c([N+](=O)[O-])cc2s1. The highest BCUT2D eigenvalue weighted by Crippen LogP contribution is 2.35. The van der Waals surface area contributed by atoms with Crippen molar-refractivity contribution in [3.8, 4) is 0 Å². The molecule has 2 aromatic rings. The zero-order chi connectivity index (χ0) is 15.1. The van der Waals surface area contributed by atoms with Crippen LogP contribution in [0.4, 0.5) is 5.69 Å². The fourth-order valence-electron chi connectivity index (χ4n) is 1.95. The van der Waals surface area contributed by atoms with E-state index in [1.807, 2.05) is 13.0 Å². The van der Waals surface area contributed by atoms with E-state index in [-0.39, 0.29) is 20.9 Å². The van der Waals surface area contributed by atoms with Crippen LogP contribution >= 0.6 is 27.3 Å². The van der Waals surface area contributed by atoms with Gasteiger partial charge in [-0.25, -0.2) is 4.98 Å². The van der Waals surface area contributed by atoms with Gasteiger partial charge in [-0.15, -0.1) is 11.3 Å². The maximum Gasteiger partial charge on any atom is 0.274 e. The summed E-state index contributed by atoms with van der Waals surface area (Å²) in [4.78, 5) is 15.6. The molecule has 1 aromatic heterocycles. The van der Waals surface area contributed by atoms with Crippen molar-refractivity contribution in [2.24, 2.45) is 5.41 Å². The van der Waals surface area contributed by atoms with Crippen molar-refractivity contribution in [2.45, 2.75) is 38.9 Å². The third-order valence-electron chi connectivity index (χ3n) is 3.23. The van der Waals surface area contributed by atoms with Crippen LogP contribution in [0.5, 0.6) is 0 Å². The number of aryl methyl sites for hydroxylation is 1. The van der Waals surface area contributed by atoms with Gasteiger partial charge in [0.2, 0.25) is 0 Å². The predicted molar refractivity (Wildman–Crippen MR) is 86.9 cm³/mol. The first kappa shape index (κ1) is 15.4. The number of halogens is 1. The molecule has 4 nitrogen and oxygen atoms in total. The highest BCUT2D eigenvalue weighted by atomic mass is 79.9. The Bertz CT molecular complexity index is 661. The van der Waals surface area contributed by atoms with Crippen LogP contribution < -0.4 is 0 Å². The number of nitro benzene ring substituents is 1. The lowest BCUT2D eigenvalue weighted by Gasteiger charge is -2.25. The first-order valence-corrected chi connectivity index (χ1v) is 8.10. The fraction of sp³-hybridized carbons (Fsp3) is 0.500. The molecule has 108 valence electrons. The molecule has 1 heterocycles. The highest BCUT2D eigenvalue weighted by Gasteiger charge is 2.26. The Balaban J connectivity index is 2.49. The van der Waals surface area contributed by atoms with Crippen molar-refractivity contribution in [3.63, 3.8) is 0 Å². The van der Waals surface area contributed by atoms with Crippen LogP contribution in [0.15, 0.2) is 12.1 Å². The van der Waals surface area contributed by atoms with E-state index in [4.69, 9.17) is 0 Å². The molecule has 0 radical (unpaired) electrons. The van der Waals surface area contributed by atoms with Crippen molar-refractivity contribution < 1.29 is 4.92 Å². The van der Waals surface area contributed by atoms with Crippen LogP contribution in [-0.2, 0) is 6.42 Å². The second-order valence-electron chi connectivity index (χ2n) is 5.98. The number of hydrogen-bond donors (Lipinski definition) is 0. The highest BCUT2D eigenvalue weighted by molar-refractivity contribution is 9.09. The third kappa shape index (κ3) is 3.17. The molecular formula is C14H17BrN2O2S. The Hall–Kier alpha value is -1.01. The summed E-state index contributed by atoms with van der Waals surface area (Å²) < 4.78 is 0.875. The summed E-state index contributed by atoms with van der Waals surface area (Å²) >= 11 is 5.14. The van der Waals surface area contributed by atoms with Crippen molar-refractivity contribution >= 4 is 43.2 Å². The van der Waals surface area contributed by atoms with E-state index in [1.54, 1.807) is 6.07 Å². The summed E-state index contributed by atoms with van der Waals surface area (Å²) in [6.07, 6.45) is 0.617. The summed E-state index contributed by atoms with van der Waals surface area (Å²) in [6.45, 7) is 8.26. The summed E-state index contributed by atoms with van der Waals surface area (Å²) in [5, 5.41) is 12.2. The lowest BCUT2D eigenvalue weighted by atomic mass is 9.88. The van der Waals surface area contributed by atoms with Gasteiger partial charge in [-0.1, -0.05) is 36.7 Å². The molecule has 0 saturated heterocycles. The standard InChI is InChI=1S/C14H17BrN2O2S/c1-8-16-10-5-9(6-13(15)14(2,3)4)11(17(18)19)7-12(10)20-8/h5,7,13H,6H2,1-4H3. The normalized spacial score (nSPS) is 13.7. The second kappa shape index (κ2) is 5.41. The van der Waals surface area contributed by atoms with Crippen LogP contribution in [0.25, 0.3) is 10.2 Å². The number of benzene rings is 1. The van der Waals surface area contributed by atoms with Crippen molar-refractivity contribution in [1.29, 1.82) is 0 Å². The van der Waals surface area contributed by atoms with Crippen LogP contribution in [0.3, 0.4) is 0 Å². The van der Waals surface area contributed by atoms with Gasteiger partial charge in [-0.2, -0.15) is 0 Å². The molecule has 1 aromatic carbocycles. The Kier molecular flexibility index (Phi) is 4.16. The molecular weight excluding hydrogens is 340 g/mol. The fourth-order valence-corrected chi connectivity index (χ4v) is 3.15. The van der Waals surface area contributed by atoms with Gasteiger partial charge in [-0.3, -0.25) is 10.1 Å².